The Balaban J connectivity index is 1.89. The van der Waals surface area contributed by atoms with Gasteiger partial charge in [0.15, 0.2) is 0 Å². The van der Waals surface area contributed by atoms with Gasteiger partial charge in [0.25, 0.3) is 0 Å². The quantitative estimate of drug-likeness (QED) is 0.571. The zero-order valence-corrected chi connectivity index (χ0v) is 14.2. The van der Waals surface area contributed by atoms with E-state index in [1.807, 2.05) is 31.2 Å². The molecule has 1 heterocycles. The number of rotatable bonds is 7. The molecule has 126 valence electrons. The highest BCUT2D eigenvalue weighted by Crippen LogP contribution is 2.24. The Morgan fingerprint density at radius 2 is 2.04 bits per heavy atom. The molecule has 23 heavy (non-hydrogen) atoms. The molecule has 0 radical (unpaired) electrons. The highest BCUT2D eigenvalue weighted by atomic mass is 16.5. The summed E-state index contributed by atoms with van der Waals surface area (Å²) in [7, 11) is 0. The summed E-state index contributed by atoms with van der Waals surface area (Å²) in [5.74, 6) is 0.0591. The number of allylic oxidation sites excluding steroid dienone is 1. The van der Waals surface area contributed by atoms with Crippen LogP contribution in [0, 0.1) is 0 Å². The first-order valence-corrected chi connectivity index (χ1v) is 8.43. The van der Waals surface area contributed by atoms with Gasteiger partial charge in [0, 0.05) is 19.6 Å². The predicted octanol–water partition coefficient (Wildman–Crippen LogP) is 3.25. The van der Waals surface area contributed by atoms with Gasteiger partial charge in [-0.05, 0) is 30.9 Å². The summed E-state index contributed by atoms with van der Waals surface area (Å²) in [6.07, 6.45) is 5.34. The molecule has 1 saturated heterocycles. The van der Waals surface area contributed by atoms with E-state index < -0.39 is 0 Å². The first-order valence-electron chi connectivity index (χ1n) is 8.43. The van der Waals surface area contributed by atoms with Crippen LogP contribution in [0.25, 0.3) is 0 Å². The average molecular weight is 317 g/mol. The van der Waals surface area contributed by atoms with Crippen molar-refractivity contribution in [3.8, 4) is 0 Å². The van der Waals surface area contributed by atoms with Gasteiger partial charge in [-0.2, -0.15) is 0 Å². The van der Waals surface area contributed by atoms with Crippen LogP contribution >= 0.6 is 0 Å². The van der Waals surface area contributed by atoms with Gasteiger partial charge in [0.1, 0.15) is 0 Å². The number of hydrogen-bond donors (Lipinski definition) is 0. The Morgan fingerprint density at radius 1 is 1.30 bits per heavy atom. The molecule has 2 rings (SSSR count). The van der Waals surface area contributed by atoms with Crippen molar-refractivity contribution in [2.75, 3.05) is 39.5 Å². The molecule has 1 aliphatic rings. The minimum absolute atomic E-state index is 0.229. The fraction of sp³-hybridized carbons (Fsp3) is 0.526. The molecule has 1 fully saturated rings. The standard InChI is InChI=1S/C19H27NO3/c1-3-23-19(21)18-10-5-4-9-17(18)16(2)8-6-7-11-20-12-14-22-15-13-20/h4-7,9-10,16H,3,8,11-15H2,1-2H3/b7-6+. The second kappa shape index (κ2) is 9.48. The smallest absolute Gasteiger partial charge is 0.338 e. The van der Waals surface area contributed by atoms with Crippen LogP contribution in [0.15, 0.2) is 36.4 Å². The first-order chi connectivity index (χ1) is 11.2. The van der Waals surface area contributed by atoms with E-state index in [1.54, 1.807) is 0 Å². The summed E-state index contributed by atoms with van der Waals surface area (Å²) < 4.78 is 10.5. The second-order valence-electron chi connectivity index (χ2n) is 5.83. The molecule has 0 bridgehead atoms. The van der Waals surface area contributed by atoms with Gasteiger partial charge in [0.05, 0.1) is 25.4 Å². The van der Waals surface area contributed by atoms with E-state index in [4.69, 9.17) is 9.47 Å². The molecule has 4 nitrogen and oxygen atoms in total. The van der Waals surface area contributed by atoms with E-state index in [1.165, 1.54) is 0 Å². The molecule has 1 aromatic rings. The molecule has 0 amide bonds. The van der Waals surface area contributed by atoms with Crippen molar-refractivity contribution in [2.45, 2.75) is 26.2 Å². The number of carbonyl (C=O) groups is 1. The van der Waals surface area contributed by atoms with Gasteiger partial charge in [-0.25, -0.2) is 4.79 Å². The van der Waals surface area contributed by atoms with Gasteiger partial charge in [0.2, 0.25) is 0 Å². The van der Waals surface area contributed by atoms with Crippen molar-refractivity contribution in [1.29, 1.82) is 0 Å². The maximum atomic E-state index is 12.0. The van der Waals surface area contributed by atoms with Crippen molar-refractivity contribution < 1.29 is 14.3 Å². The SMILES string of the molecule is CCOC(=O)c1ccccc1C(C)C/C=C/CN1CCOCC1. The molecule has 0 saturated carbocycles. The monoisotopic (exact) mass is 317 g/mol. The van der Waals surface area contributed by atoms with Gasteiger partial charge in [-0.3, -0.25) is 4.90 Å². The summed E-state index contributed by atoms with van der Waals surface area (Å²) in [5.41, 5.74) is 1.74. The van der Waals surface area contributed by atoms with Crippen molar-refractivity contribution in [2.24, 2.45) is 0 Å². The number of morpholine rings is 1. The molecular weight excluding hydrogens is 290 g/mol. The molecule has 0 aromatic heterocycles. The maximum Gasteiger partial charge on any atom is 0.338 e. The molecule has 1 atom stereocenters. The number of nitrogens with zero attached hydrogens (tertiary/aromatic N) is 1. The van der Waals surface area contributed by atoms with Crippen LogP contribution in [0.3, 0.4) is 0 Å². The highest BCUT2D eigenvalue weighted by Gasteiger charge is 2.15. The van der Waals surface area contributed by atoms with Crippen LogP contribution in [0.5, 0.6) is 0 Å². The molecule has 1 aromatic carbocycles. The summed E-state index contributed by atoms with van der Waals surface area (Å²) in [6, 6.07) is 7.73. The first kappa shape index (κ1) is 17.7. The molecule has 1 unspecified atom stereocenters. The summed E-state index contributed by atoms with van der Waals surface area (Å²) in [4.78, 5) is 14.4. The highest BCUT2D eigenvalue weighted by molar-refractivity contribution is 5.91. The van der Waals surface area contributed by atoms with Crippen LogP contribution < -0.4 is 0 Å². The maximum absolute atomic E-state index is 12.0. The fourth-order valence-electron chi connectivity index (χ4n) is 2.76. The third-order valence-electron chi connectivity index (χ3n) is 4.11. The number of benzene rings is 1. The van der Waals surface area contributed by atoms with Crippen LogP contribution in [0.2, 0.25) is 0 Å². The van der Waals surface area contributed by atoms with Gasteiger partial charge >= 0.3 is 5.97 Å². The Bertz CT molecular complexity index is 521. The topological polar surface area (TPSA) is 38.8 Å². The molecule has 1 aliphatic heterocycles. The third-order valence-corrected chi connectivity index (χ3v) is 4.11. The Labute approximate surface area is 139 Å². The number of hydrogen-bond acceptors (Lipinski definition) is 4. The van der Waals surface area contributed by atoms with Crippen molar-refractivity contribution in [3.63, 3.8) is 0 Å². The van der Waals surface area contributed by atoms with Crippen LogP contribution in [-0.2, 0) is 9.47 Å². The van der Waals surface area contributed by atoms with E-state index in [0.29, 0.717) is 12.2 Å². The minimum Gasteiger partial charge on any atom is -0.462 e. The number of carbonyl (C=O) groups excluding carboxylic acids is 1. The zero-order chi connectivity index (χ0) is 16.5. The van der Waals surface area contributed by atoms with Crippen molar-refractivity contribution in [1.82, 2.24) is 4.90 Å². The molecule has 4 heteroatoms. The summed E-state index contributed by atoms with van der Waals surface area (Å²) in [6.45, 7) is 9.03. The van der Waals surface area contributed by atoms with E-state index in [9.17, 15) is 4.79 Å². The van der Waals surface area contributed by atoms with Gasteiger partial charge in [-0.15, -0.1) is 0 Å². The lowest BCUT2D eigenvalue weighted by Crippen LogP contribution is -2.36. The Kier molecular flexibility index (Phi) is 7.30. The lowest BCUT2D eigenvalue weighted by atomic mass is 9.93. The van der Waals surface area contributed by atoms with E-state index in [2.05, 4.69) is 24.0 Å². The molecule has 0 spiro atoms. The largest absolute Gasteiger partial charge is 0.462 e. The lowest BCUT2D eigenvalue weighted by molar-refractivity contribution is 0.0434. The van der Waals surface area contributed by atoms with E-state index in [0.717, 1.165) is 44.8 Å². The number of ether oxygens (including phenoxy) is 2. The van der Waals surface area contributed by atoms with E-state index >= 15 is 0 Å². The Morgan fingerprint density at radius 3 is 2.78 bits per heavy atom. The predicted molar refractivity (Wildman–Crippen MR) is 91.8 cm³/mol. The number of esters is 1. The minimum atomic E-state index is -0.229. The normalized spacial score (nSPS) is 17.3. The van der Waals surface area contributed by atoms with Gasteiger partial charge < -0.3 is 9.47 Å². The van der Waals surface area contributed by atoms with Crippen LogP contribution in [-0.4, -0.2) is 50.3 Å². The van der Waals surface area contributed by atoms with Crippen molar-refractivity contribution >= 4 is 5.97 Å². The fourth-order valence-corrected chi connectivity index (χ4v) is 2.76. The molecule has 0 aliphatic carbocycles. The van der Waals surface area contributed by atoms with Crippen molar-refractivity contribution in [3.05, 3.63) is 47.5 Å². The van der Waals surface area contributed by atoms with E-state index in [-0.39, 0.29) is 11.9 Å². The van der Waals surface area contributed by atoms with Crippen LogP contribution in [0.1, 0.15) is 42.1 Å². The lowest BCUT2D eigenvalue weighted by Gasteiger charge is -2.25. The molecular formula is C19H27NO3. The summed E-state index contributed by atoms with van der Waals surface area (Å²) in [5, 5.41) is 0. The Hall–Kier alpha value is -1.65. The molecule has 0 N–H and O–H groups in total. The van der Waals surface area contributed by atoms with Gasteiger partial charge in [-0.1, -0.05) is 37.3 Å². The summed E-state index contributed by atoms with van der Waals surface area (Å²) >= 11 is 0. The second-order valence-corrected chi connectivity index (χ2v) is 5.83. The third kappa shape index (κ3) is 5.48. The average Bonchev–Trinajstić information content (AvgIpc) is 2.59. The zero-order valence-electron chi connectivity index (χ0n) is 14.2. The van der Waals surface area contributed by atoms with Crippen LogP contribution in [0.4, 0.5) is 0 Å².